The third-order valence-electron chi connectivity index (χ3n) is 3.09. The van der Waals surface area contributed by atoms with Gasteiger partial charge in [-0.3, -0.25) is 0 Å². The minimum atomic E-state index is -0.182. The van der Waals surface area contributed by atoms with E-state index in [9.17, 15) is 0 Å². The molecular formula is C14H12Cl2OS. The van der Waals surface area contributed by atoms with Crippen molar-refractivity contribution in [3.05, 3.63) is 50.7 Å². The van der Waals surface area contributed by atoms with Gasteiger partial charge in [0.2, 0.25) is 0 Å². The Balaban J connectivity index is 1.94. The lowest BCUT2D eigenvalue weighted by Crippen LogP contribution is -2.05. The van der Waals surface area contributed by atoms with E-state index in [0.717, 1.165) is 27.6 Å². The van der Waals surface area contributed by atoms with Crippen molar-refractivity contribution >= 4 is 34.5 Å². The van der Waals surface area contributed by atoms with Crippen molar-refractivity contribution in [2.24, 2.45) is 0 Å². The molecule has 1 nitrogen and oxygen atoms in total. The molecule has 18 heavy (non-hydrogen) atoms. The van der Waals surface area contributed by atoms with Crippen LogP contribution in [0.5, 0.6) is 5.75 Å². The average Bonchev–Trinajstić information content (AvgIpc) is 2.91. The van der Waals surface area contributed by atoms with Gasteiger partial charge in [-0.05, 0) is 35.6 Å². The standard InChI is InChI=1S/C14H12Cl2OS/c1-8-6-10-7-9(2-3-12(10)17-8)13(16)14-11(15)4-5-18-14/h2-5,7-8,13H,6H2,1H3. The molecule has 2 unspecified atom stereocenters. The van der Waals surface area contributed by atoms with Gasteiger partial charge >= 0.3 is 0 Å². The number of hydrogen-bond acceptors (Lipinski definition) is 2. The van der Waals surface area contributed by atoms with E-state index in [0.29, 0.717) is 0 Å². The predicted molar refractivity (Wildman–Crippen MR) is 77.3 cm³/mol. The van der Waals surface area contributed by atoms with Crippen LogP contribution in [0.1, 0.15) is 28.3 Å². The molecule has 2 atom stereocenters. The monoisotopic (exact) mass is 298 g/mol. The number of alkyl halides is 1. The Morgan fingerprint density at radius 3 is 2.94 bits per heavy atom. The Morgan fingerprint density at radius 2 is 2.22 bits per heavy atom. The lowest BCUT2D eigenvalue weighted by Gasteiger charge is -2.10. The van der Waals surface area contributed by atoms with Crippen LogP contribution < -0.4 is 4.74 Å². The first-order chi connectivity index (χ1) is 8.65. The van der Waals surface area contributed by atoms with Gasteiger partial charge in [-0.2, -0.15) is 0 Å². The van der Waals surface area contributed by atoms with E-state index >= 15 is 0 Å². The lowest BCUT2D eigenvalue weighted by molar-refractivity contribution is 0.254. The smallest absolute Gasteiger partial charge is 0.123 e. The Hall–Kier alpha value is -0.700. The van der Waals surface area contributed by atoms with Crippen LogP contribution in [0.2, 0.25) is 5.02 Å². The van der Waals surface area contributed by atoms with Crippen molar-refractivity contribution in [3.63, 3.8) is 0 Å². The van der Waals surface area contributed by atoms with Gasteiger partial charge in [0.25, 0.3) is 0 Å². The second-order valence-corrected chi connectivity index (χ2v) is 6.29. The maximum absolute atomic E-state index is 6.50. The van der Waals surface area contributed by atoms with Crippen molar-refractivity contribution in [3.8, 4) is 5.75 Å². The summed E-state index contributed by atoms with van der Waals surface area (Å²) in [5.41, 5.74) is 2.32. The van der Waals surface area contributed by atoms with Crippen LogP contribution in [-0.4, -0.2) is 6.10 Å². The van der Waals surface area contributed by atoms with Gasteiger partial charge in [-0.15, -0.1) is 22.9 Å². The van der Waals surface area contributed by atoms with Gasteiger partial charge in [-0.1, -0.05) is 23.7 Å². The minimum Gasteiger partial charge on any atom is -0.490 e. The molecule has 1 aromatic carbocycles. The number of thiophene rings is 1. The molecular weight excluding hydrogens is 287 g/mol. The fourth-order valence-corrected chi connectivity index (χ4v) is 3.87. The predicted octanol–water partition coefficient (Wildman–Crippen LogP) is 5.05. The molecule has 0 bridgehead atoms. The second kappa shape index (κ2) is 4.76. The number of benzene rings is 1. The molecule has 94 valence electrons. The van der Waals surface area contributed by atoms with E-state index in [1.807, 2.05) is 23.6 Å². The molecule has 0 fully saturated rings. The van der Waals surface area contributed by atoms with Crippen molar-refractivity contribution < 1.29 is 4.74 Å². The summed E-state index contributed by atoms with van der Waals surface area (Å²) in [5.74, 6) is 0.979. The van der Waals surface area contributed by atoms with Gasteiger partial charge in [0.15, 0.2) is 0 Å². The molecule has 0 saturated heterocycles. The maximum atomic E-state index is 6.50. The number of ether oxygens (including phenoxy) is 1. The zero-order chi connectivity index (χ0) is 12.7. The molecule has 2 aromatic rings. The van der Waals surface area contributed by atoms with Crippen LogP contribution in [0.25, 0.3) is 0 Å². The largest absolute Gasteiger partial charge is 0.490 e. The molecule has 4 heteroatoms. The molecule has 1 aromatic heterocycles. The van der Waals surface area contributed by atoms with Crippen molar-refractivity contribution in [2.45, 2.75) is 24.8 Å². The summed E-state index contributed by atoms with van der Waals surface area (Å²) in [6.07, 6.45) is 1.21. The molecule has 0 radical (unpaired) electrons. The molecule has 3 rings (SSSR count). The summed E-state index contributed by atoms with van der Waals surface area (Å²) in [6.45, 7) is 2.08. The van der Waals surface area contributed by atoms with Crippen LogP contribution in [-0.2, 0) is 6.42 Å². The first-order valence-electron chi connectivity index (χ1n) is 5.81. The summed E-state index contributed by atoms with van der Waals surface area (Å²) in [7, 11) is 0. The third-order valence-corrected chi connectivity index (χ3v) is 5.11. The first kappa shape index (κ1) is 12.3. The molecule has 1 aliphatic heterocycles. The summed E-state index contributed by atoms with van der Waals surface area (Å²) < 4.78 is 5.69. The van der Waals surface area contributed by atoms with E-state index in [4.69, 9.17) is 27.9 Å². The van der Waals surface area contributed by atoms with E-state index in [1.54, 1.807) is 11.3 Å². The Labute approximate surface area is 120 Å². The van der Waals surface area contributed by atoms with Crippen LogP contribution >= 0.6 is 34.5 Å². The SMILES string of the molecule is CC1Cc2cc(C(Cl)c3sccc3Cl)ccc2O1. The normalized spacial score (nSPS) is 19.4. The lowest BCUT2D eigenvalue weighted by atomic mass is 10.0. The summed E-state index contributed by atoms with van der Waals surface area (Å²) >= 11 is 14.2. The average molecular weight is 299 g/mol. The summed E-state index contributed by atoms with van der Waals surface area (Å²) in [5, 5.41) is 2.52. The van der Waals surface area contributed by atoms with Crippen LogP contribution in [0, 0.1) is 0 Å². The highest BCUT2D eigenvalue weighted by Crippen LogP contribution is 2.39. The number of hydrogen-bond donors (Lipinski definition) is 0. The topological polar surface area (TPSA) is 9.23 Å². The van der Waals surface area contributed by atoms with E-state index < -0.39 is 0 Å². The Kier molecular flexibility index (Phi) is 3.27. The third kappa shape index (κ3) is 2.13. The molecule has 0 N–H and O–H groups in total. The molecule has 0 saturated carbocycles. The summed E-state index contributed by atoms with van der Waals surface area (Å²) in [6, 6.07) is 8.04. The highest BCUT2D eigenvalue weighted by Gasteiger charge is 2.22. The quantitative estimate of drug-likeness (QED) is 0.705. The van der Waals surface area contributed by atoms with Crippen molar-refractivity contribution in [2.75, 3.05) is 0 Å². The highest BCUT2D eigenvalue weighted by molar-refractivity contribution is 7.11. The Bertz CT molecular complexity index is 579. The molecule has 0 spiro atoms. The van der Waals surface area contributed by atoms with E-state index in [1.165, 1.54) is 5.56 Å². The van der Waals surface area contributed by atoms with Crippen LogP contribution in [0.4, 0.5) is 0 Å². The van der Waals surface area contributed by atoms with E-state index in [-0.39, 0.29) is 11.5 Å². The molecule has 1 aliphatic rings. The fraction of sp³-hybridized carbons (Fsp3) is 0.286. The van der Waals surface area contributed by atoms with Crippen LogP contribution in [0.15, 0.2) is 29.6 Å². The molecule has 2 heterocycles. The minimum absolute atomic E-state index is 0.182. The van der Waals surface area contributed by atoms with Gasteiger partial charge < -0.3 is 4.74 Å². The highest BCUT2D eigenvalue weighted by atomic mass is 35.5. The number of halogens is 2. The van der Waals surface area contributed by atoms with Crippen molar-refractivity contribution in [1.29, 1.82) is 0 Å². The maximum Gasteiger partial charge on any atom is 0.123 e. The number of rotatable bonds is 2. The number of fused-ring (bicyclic) bond motifs is 1. The van der Waals surface area contributed by atoms with Crippen LogP contribution in [0.3, 0.4) is 0 Å². The zero-order valence-electron chi connectivity index (χ0n) is 9.82. The second-order valence-electron chi connectivity index (χ2n) is 4.50. The van der Waals surface area contributed by atoms with Gasteiger partial charge in [0.1, 0.15) is 11.9 Å². The summed E-state index contributed by atoms with van der Waals surface area (Å²) in [4.78, 5) is 1.00. The molecule has 0 aliphatic carbocycles. The van der Waals surface area contributed by atoms with Gasteiger partial charge in [0, 0.05) is 11.3 Å². The van der Waals surface area contributed by atoms with Gasteiger partial charge in [0.05, 0.1) is 10.4 Å². The Morgan fingerprint density at radius 1 is 1.39 bits per heavy atom. The fourth-order valence-electron chi connectivity index (χ4n) is 2.24. The van der Waals surface area contributed by atoms with E-state index in [2.05, 4.69) is 13.0 Å². The van der Waals surface area contributed by atoms with Gasteiger partial charge in [-0.25, -0.2) is 0 Å². The van der Waals surface area contributed by atoms with Crippen molar-refractivity contribution in [1.82, 2.24) is 0 Å². The first-order valence-corrected chi connectivity index (χ1v) is 7.51. The zero-order valence-corrected chi connectivity index (χ0v) is 12.1. The molecule has 0 amide bonds.